The van der Waals surface area contributed by atoms with E-state index in [1.165, 1.54) is 0 Å². The van der Waals surface area contributed by atoms with Gasteiger partial charge in [-0.05, 0) is 68.9 Å². The minimum Gasteiger partial charge on any atom is -0.481 e. The smallest absolute Gasteiger partial charge is 0.325 e. The molecule has 5 aromatic rings. The highest BCUT2D eigenvalue weighted by Gasteiger charge is 2.49. The minimum absolute atomic E-state index is 0.0869. The first kappa shape index (κ1) is 32.8. The summed E-state index contributed by atoms with van der Waals surface area (Å²) < 4.78 is 24.8. The fourth-order valence-electron chi connectivity index (χ4n) is 8.35. The van der Waals surface area contributed by atoms with E-state index in [-0.39, 0.29) is 41.1 Å². The first-order valence-corrected chi connectivity index (χ1v) is 17.8. The van der Waals surface area contributed by atoms with Gasteiger partial charge in [0, 0.05) is 77.6 Å². The van der Waals surface area contributed by atoms with Crippen LogP contribution in [0, 0.1) is 30.0 Å². The van der Waals surface area contributed by atoms with Crippen molar-refractivity contribution in [2.75, 3.05) is 31.6 Å². The molecule has 12 heteroatoms. The van der Waals surface area contributed by atoms with Gasteiger partial charge in [0.2, 0.25) is 5.88 Å². The first-order chi connectivity index (χ1) is 24.2. The predicted octanol–water partition coefficient (Wildman–Crippen LogP) is 8.40. The molecule has 2 bridgehead atoms. The summed E-state index contributed by atoms with van der Waals surface area (Å²) in [5.74, 6) is 0.372. The van der Waals surface area contributed by atoms with Crippen molar-refractivity contribution in [3.05, 3.63) is 81.5 Å². The van der Waals surface area contributed by atoms with Crippen LogP contribution in [0.15, 0.2) is 48.7 Å². The Labute approximate surface area is 299 Å². The van der Waals surface area contributed by atoms with Gasteiger partial charge in [0.05, 0.1) is 46.5 Å². The fourth-order valence-corrected chi connectivity index (χ4v) is 8.74. The largest absolute Gasteiger partial charge is 0.481 e. The number of aryl methyl sites for hydroxylation is 2. The van der Waals surface area contributed by atoms with Crippen molar-refractivity contribution in [3.8, 4) is 23.1 Å². The number of amides is 2. The third-order valence-corrected chi connectivity index (χ3v) is 11.6. The van der Waals surface area contributed by atoms with E-state index >= 15 is 4.39 Å². The molecule has 256 valence electrons. The molecule has 4 atom stereocenters. The SMILES string of the molecule is COc1cc(N2CCCN(C(C)c3cc4c(C)nc5c(F)c(-c6cccc(Cl)c6Cl)c(CCC#N)cc5c4n3C3C4CNC3C4)C2=O)ccn1. The van der Waals surface area contributed by atoms with E-state index in [2.05, 4.69) is 33.9 Å². The van der Waals surface area contributed by atoms with Gasteiger partial charge in [0.1, 0.15) is 5.52 Å². The number of methoxy groups -OCH3 is 1. The number of carbonyl (C=O) groups is 1. The number of rotatable bonds is 8. The Hall–Kier alpha value is -4.43. The average molecular weight is 713 g/mol. The lowest BCUT2D eigenvalue weighted by molar-refractivity contribution is 0.165. The summed E-state index contributed by atoms with van der Waals surface area (Å²) in [6.45, 7) is 6.09. The molecule has 1 N–H and O–H groups in total. The number of carbonyl (C=O) groups excluding carboxylic acids is 1. The molecule has 0 radical (unpaired) electrons. The van der Waals surface area contributed by atoms with E-state index in [4.69, 9.17) is 32.9 Å². The van der Waals surface area contributed by atoms with Crippen molar-refractivity contribution >= 4 is 56.7 Å². The number of urea groups is 1. The van der Waals surface area contributed by atoms with Gasteiger partial charge in [-0.25, -0.2) is 19.2 Å². The lowest BCUT2D eigenvalue weighted by Crippen LogP contribution is -2.51. The number of nitrogens with one attached hydrogen (secondary N) is 1. The van der Waals surface area contributed by atoms with Gasteiger partial charge >= 0.3 is 6.03 Å². The zero-order chi connectivity index (χ0) is 34.8. The van der Waals surface area contributed by atoms with Crippen LogP contribution in [0.25, 0.3) is 32.9 Å². The van der Waals surface area contributed by atoms with E-state index in [1.54, 1.807) is 42.5 Å². The van der Waals surface area contributed by atoms with Gasteiger partial charge in [-0.2, -0.15) is 5.26 Å². The minimum atomic E-state index is -0.490. The fraction of sp³-hybridized carbons (Fsp3) is 0.368. The van der Waals surface area contributed by atoms with E-state index < -0.39 is 5.82 Å². The normalized spacial score (nSPS) is 20.7. The number of nitrogens with zero attached hydrogens (tertiary/aromatic N) is 6. The predicted molar refractivity (Wildman–Crippen MR) is 194 cm³/mol. The third kappa shape index (κ3) is 5.09. The van der Waals surface area contributed by atoms with E-state index in [0.717, 1.165) is 41.7 Å². The zero-order valence-electron chi connectivity index (χ0n) is 28.0. The number of ether oxygens (including phenoxy) is 1. The summed E-state index contributed by atoms with van der Waals surface area (Å²) in [6, 6.07) is 15.2. The Bertz CT molecular complexity index is 2220. The van der Waals surface area contributed by atoms with Crippen LogP contribution in [0.4, 0.5) is 14.9 Å². The highest BCUT2D eigenvalue weighted by atomic mass is 35.5. The molecule has 4 unspecified atom stereocenters. The van der Waals surface area contributed by atoms with Crippen LogP contribution in [-0.4, -0.2) is 58.3 Å². The molecule has 9 nitrogen and oxygen atoms in total. The van der Waals surface area contributed by atoms with Crippen molar-refractivity contribution in [1.29, 1.82) is 5.26 Å². The summed E-state index contributed by atoms with van der Waals surface area (Å²) in [5, 5.41) is 15.4. The van der Waals surface area contributed by atoms with Crippen LogP contribution < -0.4 is 15.0 Å². The number of hydrogen-bond donors (Lipinski definition) is 1. The molecule has 1 saturated carbocycles. The average Bonchev–Trinajstić information content (AvgIpc) is 3.86. The van der Waals surface area contributed by atoms with Gasteiger partial charge in [-0.1, -0.05) is 35.3 Å². The van der Waals surface area contributed by atoms with Crippen LogP contribution in [0.5, 0.6) is 5.88 Å². The number of halogens is 3. The summed E-state index contributed by atoms with van der Waals surface area (Å²) in [4.78, 5) is 27.0. The number of fused-ring (bicyclic) bond motifs is 4. The molecule has 2 aromatic carbocycles. The maximum Gasteiger partial charge on any atom is 0.325 e. The monoisotopic (exact) mass is 711 g/mol. The maximum absolute atomic E-state index is 17.1. The Kier molecular flexibility index (Phi) is 8.33. The highest BCUT2D eigenvalue weighted by Crippen LogP contribution is 2.50. The van der Waals surface area contributed by atoms with Crippen molar-refractivity contribution < 1.29 is 13.9 Å². The third-order valence-electron chi connectivity index (χ3n) is 10.8. The lowest BCUT2D eigenvalue weighted by Gasteiger charge is -2.42. The molecule has 6 heterocycles. The summed E-state index contributed by atoms with van der Waals surface area (Å²) in [7, 11) is 1.56. The van der Waals surface area contributed by atoms with Crippen LogP contribution in [0.1, 0.15) is 55.2 Å². The molecular formula is C38H36Cl2FN7O2. The van der Waals surface area contributed by atoms with Gasteiger partial charge in [-0.3, -0.25) is 4.90 Å². The second-order valence-corrected chi connectivity index (χ2v) is 14.3. The van der Waals surface area contributed by atoms with Crippen LogP contribution >= 0.6 is 23.2 Å². The molecule has 4 aliphatic rings. The van der Waals surface area contributed by atoms with Crippen LogP contribution in [0.3, 0.4) is 0 Å². The highest BCUT2D eigenvalue weighted by molar-refractivity contribution is 6.43. The van der Waals surface area contributed by atoms with Crippen molar-refractivity contribution in [3.63, 3.8) is 0 Å². The molecule has 3 aromatic heterocycles. The van der Waals surface area contributed by atoms with Gasteiger partial charge in [0.15, 0.2) is 5.82 Å². The van der Waals surface area contributed by atoms with E-state index in [9.17, 15) is 10.1 Å². The Morgan fingerprint density at radius 3 is 2.76 bits per heavy atom. The molecule has 3 aliphatic heterocycles. The van der Waals surface area contributed by atoms with Crippen molar-refractivity contribution in [2.45, 2.75) is 57.7 Å². The molecule has 50 heavy (non-hydrogen) atoms. The number of benzene rings is 2. The number of nitriles is 1. The van der Waals surface area contributed by atoms with Crippen molar-refractivity contribution in [2.24, 2.45) is 5.92 Å². The molecule has 9 rings (SSSR count). The molecule has 4 fully saturated rings. The lowest BCUT2D eigenvalue weighted by atomic mass is 9.79. The summed E-state index contributed by atoms with van der Waals surface area (Å²) in [6.07, 6.45) is 4.05. The Morgan fingerprint density at radius 2 is 2.02 bits per heavy atom. The van der Waals surface area contributed by atoms with Gasteiger partial charge < -0.3 is 19.5 Å². The molecule has 3 saturated heterocycles. The van der Waals surface area contributed by atoms with E-state index in [0.29, 0.717) is 64.1 Å². The second kappa shape index (κ2) is 12.7. The number of hydrogen-bond acceptors (Lipinski definition) is 6. The Morgan fingerprint density at radius 1 is 1.18 bits per heavy atom. The molecule has 2 amide bonds. The number of anilines is 1. The standard InChI is InChI=1S/C38H36Cl2FN7O2/c1-20-26-18-30(21(2)46-13-6-14-47(38(46)49)24-10-12-43-31(17-24)50-3)48(36-23-16-29(36)44-19-23)37(26)27-15-22(7-5-11-42)32(34(41)35(27)45-20)25-8-4-9-28(39)33(25)40/h4,8-10,12,15,17-18,21,23,29,36,44H,5-7,13-14,16,19H2,1-3H3. The van der Waals surface area contributed by atoms with Crippen LogP contribution in [0.2, 0.25) is 10.0 Å². The van der Waals surface area contributed by atoms with Gasteiger partial charge in [-0.15, -0.1) is 0 Å². The molecule has 1 aliphatic carbocycles. The van der Waals surface area contributed by atoms with E-state index in [1.807, 2.05) is 24.0 Å². The topological polar surface area (TPSA) is 99.3 Å². The number of pyridine rings is 2. The van der Waals surface area contributed by atoms with Crippen LogP contribution in [-0.2, 0) is 6.42 Å². The zero-order valence-corrected chi connectivity index (χ0v) is 29.5. The first-order valence-electron chi connectivity index (χ1n) is 17.0. The second-order valence-electron chi connectivity index (χ2n) is 13.5. The van der Waals surface area contributed by atoms with Gasteiger partial charge in [0.25, 0.3) is 0 Å². The maximum atomic E-state index is 17.1. The summed E-state index contributed by atoms with van der Waals surface area (Å²) >= 11 is 13.1. The van der Waals surface area contributed by atoms with Crippen molar-refractivity contribution in [1.82, 2.24) is 24.8 Å². The summed E-state index contributed by atoms with van der Waals surface area (Å²) in [5.41, 5.74) is 5.02. The Balaban J connectivity index is 1.33. The molecular weight excluding hydrogens is 676 g/mol. The quantitative estimate of drug-likeness (QED) is 0.174. The number of aromatic nitrogens is 3. The molecule has 0 spiro atoms.